The second-order valence-electron chi connectivity index (χ2n) is 5.74. The molecule has 21 heavy (non-hydrogen) atoms. The predicted octanol–water partition coefficient (Wildman–Crippen LogP) is 3.32. The minimum absolute atomic E-state index is 0.223. The van der Waals surface area contributed by atoms with E-state index in [1.54, 1.807) is 24.3 Å². The smallest absolute Gasteiger partial charge is 0.339 e. The van der Waals surface area contributed by atoms with E-state index in [1.807, 2.05) is 0 Å². The Hall–Kier alpha value is -1.55. The van der Waals surface area contributed by atoms with Gasteiger partial charge in [-0.1, -0.05) is 38.3 Å². The summed E-state index contributed by atoms with van der Waals surface area (Å²) in [6.45, 7) is 3.52. The molecule has 0 radical (unpaired) electrons. The quantitative estimate of drug-likeness (QED) is 0.757. The molecule has 2 rings (SSSR count). The normalized spacial score (nSPS) is 22.0. The van der Waals surface area contributed by atoms with Gasteiger partial charge in [-0.05, 0) is 30.9 Å². The Kier molecular flexibility index (Phi) is 6.05. The van der Waals surface area contributed by atoms with Crippen molar-refractivity contribution in [1.82, 2.24) is 5.32 Å². The lowest BCUT2D eigenvalue weighted by Gasteiger charge is -2.29. The Morgan fingerprint density at radius 1 is 1.38 bits per heavy atom. The maximum Gasteiger partial charge on any atom is 0.339 e. The van der Waals surface area contributed by atoms with Gasteiger partial charge in [-0.3, -0.25) is 0 Å². The first-order chi connectivity index (χ1) is 10.2. The van der Waals surface area contributed by atoms with Gasteiger partial charge in [0.15, 0.2) is 0 Å². The van der Waals surface area contributed by atoms with E-state index < -0.39 is 5.97 Å². The molecular formula is C17H25NO3. The van der Waals surface area contributed by atoms with Gasteiger partial charge in [-0.2, -0.15) is 0 Å². The molecule has 0 spiro atoms. The molecule has 0 heterocycles. The summed E-state index contributed by atoms with van der Waals surface area (Å²) in [5, 5.41) is 12.6. The number of hydrogen-bond acceptors (Lipinski definition) is 3. The molecular weight excluding hydrogens is 266 g/mol. The summed E-state index contributed by atoms with van der Waals surface area (Å²) < 4.78 is 5.60. The van der Waals surface area contributed by atoms with Gasteiger partial charge >= 0.3 is 5.97 Å². The molecule has 4 nitrogen and oxygen atoms in total. The zero-order chi connectivity index (χ0) is 15.1. The average molecular weight is 291 g/mol. The summed E-state index contributed by atoms with van der Waals surface area (Å²) in [5.74, 6) is 0.350. The predicted molar refractivity (Wildman–Crippen MR) is 82.9 cm³/mol. The number of carboxylic acid groups (broad SMARTS) is 1. The van der Waals surface area contributed by atoms with Crippen molar-refractivity contribution in [3.05, 3.63) is 29.8 Å². The van der Waals surface area contributed by atoms with Crippen LogP contribution in [0.1, 0.15) is 49.4 Å². The van der Waals surface area contributed by atoms with Crippen LogP contribution >= 0.6 is 0 Å². The molecule has 1 fully saturated rings. The van der Waals surface area contributed by atoms with E-state index in [-0.39, 0.29) is 5.56 Å². The van der Waals surface area contributed by atoms with Crippen molar-refractivity contribution in [2.75, 3.05) is 13.2 Å². The second kappa shape index (κ2) is 8.03. The van der Waals surface area contributed by atoms with Gasteiger partial charge in [0, 0.05) is 12.6 Å². The highest BCUT2D eigenvalue weighted by Crippen LogP contribution is 2.26. The third-order valence-corrected chi connectivity index (χ3v) is 4.27. The van der Waals surface area contributed by atoms with Crippen molar-refractivity contribution >= 4 is 5.97 Å². The molecule has 0 bridgehead atoms. The molecule has 0 aliphatic heterocycles. The second-order valence-corrected chi connectivity index (χ2v) is 5.74. The Balaban J connectivity index is 1.74. The number of carbonyl (C=O) groups is 1. The summed E-state index contributed by atoms with van der Waals surface area (Å²) >= 11 is 0. The van der Waals surface area contributed by atoms with Gasteiger partial charge in [-0.15, -0.1) is 0 Å². The van der Waals surface area contributed by atoms with Crippen LogP contribution in [0.2, 0.25) is 0 Å². The standard InChI is InChI=1S/C17H25NO3/c1-2-13-6-5-7-14(12-13)18-10-11-21-16-9-4-3-8-15(16)17(19)20/h3-4,8-9,13-14,18H,2,5-7,10-12H2,1H3,(H,19,20). The summed E-state index contributed by atoms with van der Waals surface area (Å²) in [5.41, 5.74) is 0.223. The Labute approximate surface area is 126 Å². The molecule has 1 aliphatic rings. The number of carboxylic acids is 1. The fraction of sp³-hybridized carbons (Fsp3) is 0.588. The van der Waals surface area contributed by atoms with E-state index in [2.05, 4.69) is 12.2 Å². The van der Waals surface area contributed by atoms with Crippen molar-refractivity contribution in [1.29, 1.82) is 0 Å². The van der Waals surface area contributed by atoms with Crippen molar-refractivity contribution in [2.24, 2.45) is 5.92 Å². The summed E-state index contributed by atoms with van der Waals surface area (Å²) in [7, 11) is 0. The lowest BCUT2D eigenvalue weighted by atomic mass is 9.84. The van der Waals surface area contributed by atoms with E-state index in [1.165, 1.54) is 32.1 Å². The third-order valence-electron chi connectivity index (χ3n) is 4.27. The molecule has 2 unspecified atom stereocenters. The number of ether oxygens (including phenoxy) is 1. The summed E-state index contributed by atoms with van der Waals surface area (Å²) in [4.78, 5) is 11.1. The van der Waals surface area contributed by atoms with Gasteiger partial charge in [0.1, 0.15) is 17.9 Å². The van der Waals surface area contributed by atoms with E-state index in [0.717, 1.165) is 12.5 Å². The van der Waals surface area contributed by atoms with Crippen LogP contribution < -0.4 is 10.1 Å². The molecule has 1 saturated carbocycles. The van der Waals surface area contributed by atoms with Crippen molar-refractivity contribution < 1.29 is 14.6 Å². The Morgan fingerprint density at radius 2 is 2.19 bits per heavy atom. The van der Waals surface area contributed by atoms with Crippen molar-refractivity contribution in [2.45, 2.75) is 45.1 Å². The van der Waals surface area contributed by atoms with E-state index in [9.17, 15) is 4.79 Å². The topological polar surface area (TPSA) is 58.6 Å². The van der Waals surface area contributed by atoms with Crippen LogP contribution in [-0.2, 0) is 0 Å². The maximum atomic E-state index is 11.1. The molecule has 0 saturated heterocycles. The summed E-state index contributed by atoms with van der Waals surface area (Å²) in [6, 6.07) is 7.36. The average Bonchev–Trinajstić information content (AvgIpc) is 2.52. The molecule has 4 heteroatoms. The zero-order valence-electron chi connectivity index (χ0n) is 12.7. The highest BCUT2D eigenvalue weighted by Gasteiger charge is 2.20. The first-order valence-electron chi connectivity index (χ1n) is 7.89. The van der Waals surface area contributed by atoms with Crippen molar-refractivity contribution in [3.63, 3.8) is 0 Å². The van der Waals surface area contributed by atoms with Gasteiger partial charge in [0.25, 0.3) is 0 Å². The summed E-state index contributed by atoms with van der Waals surface area (Å²) in [6.07, 6.45) is 6.42. The minimum Gasteiger partial charge on any atom is -0.491 e. The molecule has 116 valence electrons. The lowest BCUT2D eigenvalue weighted by Crippen LogP contribution is -2.36. The van der Waals surface area contributed by atoms with Crippen LogP contribution in [0.3, 0.4) is 0 Å². The first-order valence-corrected chi connectivity index (χ1v) is 7.89. The molecule has 1 aromatic carbocycles. The van der Waals surface area contributed by atoms with Crippen LogP contribution in [0.25, 0.3) is 0 Å². The highest BCUT2D eigenvalue weighted by atomic mass is 16.5. The highest BCUT2D eigenvalue weighted by molar-refractivity contribution is 5.90. The Bertz CT molecular complexity index is 461. The minimum atomic E-state index is -0.948. The van der Waals surface area contributed by atoms with Gasteiger partial charge < -0.3 is 15.2 Å². The largest absolute Gasteiger partial charge is 0.491 e. The molecule has 2 N–H and O–H groups in total. The molecule has 1 aromatic rings. The number of rotatable bonds is 7. The van der Waals surface area contributed by atoms with Gasteiger partial charge in [0.05, 0.1) is 0 Å². The van der Waals surface area contributed by atoms with Gasteiger partial charge in [-0.25, -0.2) is 4.79 Å². The van der Waals surface area contributed by atoms with Crippen LogP contribution in [0.4, 0.5) is 0 Å². The number of aromatic carboxylic acids is 1. The number of benzene rings is 1. The van der Waals surface area contributed by atoms with E-state index in [4.69, 9.17) is 9.84 Å². The van der Waals surface area contributed by atoms with E-state index in [0.29, 0.717) is 18.4 Å². The lowest BCUT2D eigenvalue weighted by molar-refractivity contribution is 0.0692. The first kappa shape index (κ1) is 15.8. The van der Waals surface area contributed by atoms with Crippen LogP contribution in [0.5, 0.6) is 5.75 Å². The maximum absolute atomic E-state index is 11.1. The van der Waals surface area contributed by atoms with Crippen LogP contribution in [0, 0.1) is 5.92 Å². The monoisotopic (exact) mass is 291 g/mol. The third kappa shape index (κ3) is 4.74. The molecule has 1 aliphatic carbocycles. The molecule has 2 atom stereocenters. The van der Waals surface area contributed by atoms with Crippen molar-refractivity contribution in [3.8, 4) is 5.75 Å². The molecule has 0 aromatic heterocycles. The zero-order valence-corrected chi connectivity index (χ0v) is 12.7. The fourth-order valence-electron chi connectivity index (χ4n) is 3.04. The number of para-hydroxylation sites is 1. The number of nitrogens with one attached hydrogen (secondary N) is 1. The SMILES string of the molecule is CCC1CCCC(NCCOc2ccccc2C(=O)O)C1. The van der Waals surface area contributed by atoms with Crippen LogP contribution in [0.15, 0.2) is 24.3 Å². The Morgan fingerprint density at radius 3 is 2.95 bits per heavy atom. The fourth-order valence-corrected chi connectivity index (χ4v) is 3.04. The molecule has 0 amide bonds. The van der Waals surface area contributed by atoms with Crippen LogP contribution in [-0.4, -0.2) is 30.3 Å². The van der Waals surface area contributed by atoms with E-state index >= 15 is 0 Å². The number of hydrogen-bond donors (Lipinski definition) is 2. The van der Waals surface area contributed by atoms with Gasteiger partial charge in [0.2, 0.25) is 0 Å².